The fraction of sp³-hybridized carbons (Fsp3) is 0.429. The highest BCUT2D eigenvalue weighted by Crippen LogP contribution is 2.40. The number of rotatable bonds is 2. The highest BCUT2D eigenvalue weighted by Gasteiger charge is 2.47. The molecule has 0 spiro atoms. The summed E-state index contributed by atoms with van der Waals surface area (Å²) in [6.45, 7) is 3.84. The van der Waals surface area contributed by atoms with E-state index in [-0.39, 0.29) is 23.6 Å². The van der Waals surface area contributed by atoms with Crippen molar-refractivity contribution in [3.8, 4) is 6.07 Å². The Labute approximate surface area is 112 Å². The third kappa shape index (κ3) is 2.69. The molecule has 1 saturated carbocycles. The molecule has 1 aliphatic carbocycles. The minimum atomic E-state index is -0.375. The average molecular weight is 259 g/mol. The summed E-state index contributed by atoms with van der Waals surface area (Å²) in [4.78, 5) is 11.8. The number of nitrogens with zero attached hydrogens (tertiary/aromatic N) is 1. The van der Waals surface area contributed by atoms with Crippen molar-refractivity contribution in [1.29, 1.82) is 5.26 Å². The molecule has 0 bridgehead atoms. The Hall–Kier alpha value is -2.06. The molecule has 100 valence electrons. The molecule has 1 aliphatic rings. The zero-order valence-corrected chi connectivity index (χ0v) is 11.0. The molecule has 5 heteroatoms. The summed E-state index contributed by atoms with van der Waals surface area (Å²) in [7, 11) is 0. The maximum atomic E-state index is 11.8. The largest absolute Gasteiger partial charge is 0.392 e. The average Bonchev–Trinajstić information content (AvgIpc) is 2.38. The topological polar surface area (TPSA) is 85.2 Å². The number of carbonyl (C=O) groups excluding carboxylic acids is 1. The number of benzene rings is 1. The Kier molecular flexibility index (Phi) is 3.45. The number of nitriles is 1. The van der Waals surface area contributed by atoms with Crippen LogP contribution in [0.1, 0.15) is 25.8 Å². The maximum Gasteiger partial charge on any atom is 0.319 e. The Balaban J connectivity index is 1.93. The number of nitrogens with one attached hydrogen (secondary N) is 2. The third-order valence-electron chi connectivity index (χ3n) is 3.77. The van der Waals surface area contributed by atoms with Crippen molar-refractivity contribution >= 4 is 11.7 Å². The lowest BCUT2D eigenvalue weighted by atomic mass is 9.65. The number of urea groups is 1. The van der Waals surface area contributed by atoms with Crippen LogP contribution in [0.3, 0.4) is 0 Å². The highest BCUT2D eigenvalue weighted by atomic mass is 16.3. The van der Waals surface area contributed by atoms with Crippen molar-refractivity contribution in [2.24, 2.45) is 5.41 Å². The van der Waals surface area contributed by atoms with Gasteiger partial charge in [-0.1, -0.05) is 19.9 Å². The molecule has 5 nitrogen and oxygen atoms in total. The first-order valence-corrected chi connectivity index (χ1v) is 6.19. The summed E-state index contributed by atoms with van der Waals surface area (Å²) in [5, 5.41) is 23.9. The fourth-order valence-corrected chi connectivity index (χ4v) is 2.14. The molecule has 0 heterocycles. The number of amides is 2. The third-order valence-corrected chi connectivity index (χ3v) is 3.77. The number of aliphatic hydroxyl groups excluding tert-OH is 1. The number of carbonyl (C=O) groups is 1. The van der Waals surface area contributed by atoms with Crippen molar-refractivity contribution in [3.05, 3.63) is 29.8 Å². The van der Waals surface area contributed by atoms with E-state index in [1.54, 1.807) is 24.3 Å². The van der Waals surface area contributed by atoms with E-state index in [1.807, 2.05) is 19.9 Å². The first kappa shape index (κ1) is 13.4. The second-order valence-corrected chi connectivity index (χ2v) is 5.42. The van der Waals surface area contributed by atoms with Gasteiger partial charge >= 0.3 is 6.03 Å². The van der Waals surface area contributed by atoms with Gasteiger partial charge in [0.2, 0.25) is 0 Å². The lowest BCUT2D eigenvalue weighted by molar-refractivity contribution is -0.0673. The number of aliphatic hydroxyl groups is 1. The number of anilines is 1. The molecular weight excluding hydrogens is 242 g/mol. The predicted molar refractivity (Wildman–Crippen MR) is 71.5 cm³/mol. The van der Waals surface area contributed by atoms with Crippen LogP contribution in [0.5, 0.6) is 0 Å². The van der Waals surface area contributed by atoms with Gasteiger partial charge in [0.25, 0.3) is 0 Å². The van der Waals surface area contributed by atoms with Crippen LogP contribution in [-0.2, 0) is 0 Å². The minimum Gasteiger partial charge on any atom is -0.392 e. The van der Waals surface area contributed by atoms with Crippen molar-refractivity contribution < 1.29 is 9.90 Å². The quantitative estimate of drug-likeness (QED) is 0.757. The molecule has 2 unspecified atom stereocenters. The van der Waals surface area contributed by atoms with Gasteiger partial charge in [-0.25, -0.2) is 4.79 Å². The van der Waals surface area contributed by atoms with Crippen molar-refractivity contribution in [1.82, 2.24) is 5.32 Å². The molecule has 2 rings (SSSR count). The van der Waals surface area contributed by atoms with Gasteiger partial charge in [-0.05, 0) is 24.6 Å². The van der Waals surface area contributed by atoms with E-state index < -0.39 is 0 Å². The van der Waals surface area contributed by atoms with Crippen molar-refractivity contribution in [3.63, 3.8) is 0 Å². The fourth-order valence-electron chi connectivity index (χ4n) is 2.14. The Bertz CT molecular complexity index is 534. The first-order valence-electron chi connectivity index (χ1n) is 6.19. The second-order valence-electron chi connectivity index (χ2n) is 5.42. The van der Waals surface area contributed by atoms with Gasteiger partial charge < -0.3 is 15.7 Å². The Morgan fingerprint density at radius 1 is 1.53 bits per heavy atom. The molecule has 1 fully saturated rings. The molecule has 1 aromatic carbocycles. The number of hydrogen-bond donors (Lipinski definition) is 3. The summed E-state index contributed by atoms with van der Waals surface area (Å²) in [6.07, 6.45) is 0.193. The van der Waals surface area contributed by atoms with Crippen molar-refractivity contribution in [2.45, 2.75) is 32.4 Å². The molecule has 2 amide bonds. The van der Waals surface area contributed by atoms with Crippen LogP contribution in [-0.4, -0.2) is 23.3 Å². The molecule has 0 aliphatic heterocycles. The van der Waals surface area contributed by atoms with Gasteiger partial charge in [0, 0.05) is 17.1 Å². The van der Waals surface area contributed by atoms with E-state index in [1.165, 1.54) is 0 Å². The number of hydrogen-bond acceptors (Lipinski definition) is 3. The predicted octanol–water partition coefficient (Wildman–Crippen LogP) is 1.84. The molecule has 1 aromatic rings. The first-order chi connectivity index (χ1) is 8.93. The Morgan fingerprint density at radius 3 is 2.84 bits per heavy atom. The summed E-state index contributed by atoms with van der Waals surface area (Å²) >= 11 is 0. The molecule has 0 radical (unpaired) electrons. The van der Waals surface area contributed by atoms with Crippen LogP contribution in [0.25, 0.3) is 0 Å². The lowest BCUT2D eigenvalue weighted by Crippen LogP contribution is -2.61. The zero-order valence-electron chi connectivity index (χ0n) is 11.0. The zero-order chi connectivity index (χ0) is 14.0. The van der Waals surface area contributed by atoms with E-state index in [9.17, 15) is 9.90 Å². The second kappa shape index (κ2) is 4.90. The molecule has 0 aromatic heterocycles. The van der Waals surface area contributed by atoms with Gasteiger partial charge in [-0.15, -0.1) is 0 Å². The Morgan fingerprint density at radius 2 is 2.26 bits per heavy atom. The maximum absolute atomic E-state index is 11.8. The minimum absolute atomic E-state index is 0.0401. The smallest absolute Gasteiger partial charge is 0.319 e. The molecule has 19 heavy (non-hydrogen) atoms. The van der Waals surface area contributed by atoms with Crippen LogP contribution in [0.4, 0.5) is 10.5 Å². The van der Waals surface area contributed by atoms with E-state index in [2.05, 4.69) is 10.6 Å². The van der Waals surface area contributed by atoms with E-state index in [0.717, 1.165) is 0 Å². The van der Waals surface area contributed by atoms with Crippen molar-refractivity contribution in [2.75, 3.05) is 5.32 Å². The van der Waals surface area contributed by atoms with E-state index >= 15 is 0 Å². The summed E-state index contributed by atoms with van der Waals surface area (Å²) in [6, 6.07) is 8.38. The monoisotopic (exact) mass is 259 g/mol. The van der Waals surface area contributed by atoms with Gasteiger partial charge in [0.15, 0.2) is 0 Å². The normalized spacial score (nSPS) is 23.9. The van der Waals surface area contributed by atoms with Crippen LogP contribution in [0.2, 0.25) is 0 Å². The highest BCUT2D eigenvalue weighted by molar-refractivity contribution is 5.89. The standard InChI is InChI=1S/C14H17N3O2/c1-14(2)11(7-12(14)18)17-13(19)16-10-5-3-4-9(6-10)8-15/h3-6,11-12,18H,7H2,1-2H3,(H2,16,17,19). The lowest BCUT2D eigenvalue weighted by Gasteiger charge is -2.49. The molecule has 3 N–H and O–H groups in total. The summed E-state index contributed by atoms with van der Waals surface area (Å²) in [5.74, 6) is 0. The molecule has 2 atom stereocenters. The molecular formula is C14H17N3O2. The van der Waals surface area contributed by atoms with Crippen LogP contribution >= 0.6 is 0 Å². The van der Waals surface area contributed by atoms with Gasteiger partial charge in [0.1, 0.15) is 0 Å². The summed E-state index contributed by atoms with van der Waals surface area (Å²) < 4.78 is 0. The van der Waals surface area contributed by atoms with E-state index in [4.69, 9.17) is 5.26 Å². The van der Waals surface area contributed by atoms with Gasteiger partial charge in [0.05, 0.1) is 17.7 Å². The summed E-state index contributed by atoms with van der Waals surface area (Å²) in [5.41, 5.74) is 0.776. The van der Waals surface area contributed by atoms with Gasteiger partial charge in [-0.3, -0.25) is 0 Å². The van der Waals surface area contributed by atoms with Crippen LogP contribution in [0, 0.1) is 16.7 Å². The van der Waals surface area contributed by atoms with Gasteiger partial charge in [-0.2, -0.15) is 5.26 Å². The van der Waals surface area contributed by atoms with Crippen LogP contribution < -0.4 is 10.6 Å². The van der Waals surface area contributed by atoms with E-state index in [0.29, 0.717) is 17.7 Å². The SMILES string of the molecule is CC1(C)C(O)CC1NC(=O)Nc1cccc(C#N)c1. The van der Waals surface area contributed by atoms with Crippen LogP contribution in [0.15, 0.2) is 24.3 Å². The molecule has 0 saturated heterocycles.